The third-order valence-corrected chi connectivity index (χ3v) is 3.56. The van der Waals surface area contributed by atoms with E-state index in [0.29, 0.717) is 6.42 Å². The van der Waals surface area contributed by atoms with Gasteiger partial charge in [0, 0.05) is 7.05 Å². The van der Waals surface area contributed by atoms with Crippen LogP contribution in [-0.4, -0.2) is 42.1 Å². The van der Waals surface area contributed by atoms with Crippen molar-refractivity contribution >= 4 is 16.0 Å². The van der Waals surface area contributed by atoms with E-state index in [4.69, 9.17) is 4.55 Å². The lowest BCUT2D eigenvalue weighted by atomic mass is 9.99. The Labute approximate surface area is 90.5 Å². The Morgan fingerprint density at radius 2 is 2.07 bits per heavy atom. The van der Waals surface area contributed by atoms with Gasteiger partial charge < -0.3 is 4.90 Å². The first kappa shape index (κ1) is 14.1. The van der Waals surface area contributed by atoms with Crippen molar-refractivity contribution in [2.75, 3.05) is 12.8 Å². The predicted molar refractivity (Wildman–Crippen MR) is 58.1 cm³/mol. The minimum absolute atomic E-state index is 0.372. The van der Waals surface area contributed by atoms with E-state index in [-0.39, 0.29) is 5.91 Å². The lowest BCUT2D eigenvalue weighted by Crippen LogP contribution is -2.50. The molecular weight excluding hydrogens is 218 g/mol. The monoisotopic (exact) mass is 235 g/mol. The maximum absolute atomic E-state index is 11.3. The van der Waals surface area contributed by atoms with Crippen LogP contribution in [-0.2, 0) is 14.9 Å². The molecule has 1 N–H and O–H groups in total. The van der Waals surface area contributed by atoms with Crippen LogP contribution in [0.4, 0.5) is 0 Å². The molecule has 15 heavy (non-hydrogen) atoms. The highest BCUT2D eigenvalue weighted by molar-refractivity contribution is 7.85. The second kappa shape index (κ2) is 4.76. The SMILES string of the molecule is C=CC(=O)N(C)C(C)(CC)CS(=O)(=O)O. The van der Waals surface area contributed by atoms with Gasteiger partial charge in [0.05, 0.1) is 11.3 Å². The first-order valence-corrected chi connectivity index (χ1v) is 6.12. The fraction of sp³-hybridized carbons (Fsp3) is 0.667. The molecule has 0 spiro atoms. The fourth-order valence-electron chi connectivity index (χ4n) is 1.23. The average molecular weight is 235 g/mol. The van der Waals surface area contributed by atoms with Crippen LogP contribution in [0.3, 0.4) is 0 Å². The van der Waals surface area contributed by atoms with Crippen LogP contribution in [0, 0.1) is 0 Å². The molecular formula is C9H17NO4S. The maximum Gasteiger partial charge on any atom is 0.267 e. The fourth-order valence-corrected chi connectivity index (χ4v) is 2.42. The molecule has 1 atom stereocenters. The van der Waals surface area contributed by atoms with Crippen LogP contribution in [0.1, 0.15) is 20.3 Å². The number of nitrogens with zero attached hydrogens (tertiary/aromatic N) is 1. The van der Waals surface area contributed by atoms with Gasteiger partial charge in [0.15, 0.2) is 0 Å². The molecule has 0 bridgehead atoms. The molecule has 0 rings (SSSR count). The second-order valence-corrected chi connectivity index (χ2v) is 5.13. The minimum atomic E-state index is -4.11. The smallest absolute Gasteiger partial charge is 0.267 e. The van der Waals surface area contributed by atoms with Crippen LogP contribution in [0.2, 0.25) is 0 Å². The standard InChI is InChI=1S/C9H17NO4S/c1-5-8(11)10(4)9(3,6-2)7-15(12,13)14/h5H,1,6-7H2,2-4H3,(H,12,13,14). The molecule has 1 unspecified atom stereocenters. The topological polar surface area (TPSA) is 74.7 Å². The zero-order valence-corrected chi connectivity index (χ0v) is 10.0. The van der Waals surface area contributed by atoms with Crippen molar-refractivity contribution < 1.29 is 17.8 Å². The van der Waals surface area contributed by atoms with Crippen LogP contribution in [0.15, 0.2) is 12.7 Å². The number of hydrogen-bond donors (Lipinski definition) is 1. The summed E-state index contributed by atoms with van der Waals surface area (Å²) < 4.78 is 30.4. The summed E-state index contributed by atoms with van der Waals surface area (Å²) in [6, 6.07) is 0. The number of amides is 1. The molecule has 0 aromatic carbocycles. The predicted octanol–water partition coefficient (Wildman–Crippen LogP) is 0.687. The number of hydrogen-bond acceptors (Lipinski definition) is 3. The molecule has 6 heteroatoms. The first-order chi connectivity index (χ1) is 6.66. The normalized spacial score (nSPS) is 15.5. The molecule has 1 amide bonds. The van der Waals surface area contributed by atoms with Gasteiger partial charge in [0.1, 0.15) is 0 Å². The van der Waals surface area contributed by atoms with Crippen LogP contribution in [0.5, 0.6) is 0 Å². The van der Waals surface area contributed by atoms with Gasteiger partial charge in [-0.3, -0.25) is 9.35 Å². The zero-order valence-electron chi connectivity index (χ0n) is 9.23. The maximum atomic E-state index is 11.3. The summed E-state index contributed by atoms with van der Waals surface area (Å²) in [6.45, 7) is 6.67. The van der Waals surface area contributed by atoms with Crippen molar-refractivity contribution in [3.63, 3.8) is 0 Å². The van der Waals surface area contributed by atoms with Crippen molar-refractivity contribution in [3.05, 3.63) is 12.7 Å². The third kappa shape index (κ3) is 4.01. The Morgan fingerprint density at radius 3 is 2.33 bits per heavy atom. The molecule has 0 radical (unpaired) electrons. The summed E-state index contributed by atoms with van der Waals surface area (Å²) in [4.78, 5) is 12.6. The van der Waals surface area contributed by atoms with E-state index in [2.05, 4.69) is 6.58 Å². The highest BCUT2D eigenvalue weighted by Gasteiger charge is 2.34. The molecule has 0 aliphatic rings. The highest BCUT2D eigenvalue weighted by atomic mass is 32.2. The molecule has 0 heterocycles. The molecule has 0 saturated heterocycles. The lowest BCUT2D eigenvalue weighted by Gasteiger charge is -2.36. The van der Waals surface area contributed by atoms with Gasteiger partial charge in [-0.2, -0.15) is 8.42 Å². The molecule has 88 valence electrons. The molecule has 0 fully saturated rings. The Kier molecular flexibility index (Phi) is 4.48. The zero-order chi connectivity index (χ0) is 12.3. The number of carbonyl (C=O) groups excluding carboxylic acids is 1. The van der Waals surface area contributed by atoms with E-state index in [0.717, 1.165) is 6.08 Å². The summed E-state index contributed by atoms with van der Waals surface area (Å²) in [5.41, 5.74) is -0.918. The number of carbonyl (C=O) groups is 1. The lowest BCUT2D eigenvalue weighted by molar-refractivity contribution is -0.129. The number of likely N-dealkylation sites (N-methyl/N-ethyl adjacent to an activating group) is 1. The molecule has 0 aliphatic carbocycles. The quantitative estimate of drug-likeness (QED) is 0.562. The van der Waals surface area contributed by atoms with Gasteiger partial charge in [0.2, 0.25) is 5.91 Å². The van der Waals surface area contributed by atoms with Crippen LogP contribution < -0.4 is 0 Å². The molecule has 0 aromatic rings. The van der Waals surface area contributed by atoms with E-state index in [1.807, 2.05) is 0 Å². The van der Waals surface area contributed by atoms with Crippen molar-refractivity contribution in [1.82, 2.24) is 4.90 Å². The van der Waals surface area contributed by atoms with Crippen molar-refractivity contribution in [2.24, 2.45) is 0 Å². The van der Waals surface area contributed by atoms with Crippen LogP contribution >= 0.6 is 0 Å². The van der Waals surface area contributed by atoms with Gasteiger partial charge in [-0.25, -0.2) is 0 Å². The Morgan fingerprint density at radius 1 is 1.60 bits per heavy atom. The van der Waals surface area contributed by atoms with Crippen LogP contribution in [0.25, 0.3) is 0 Å². The molecule has 0 aromatic heterocycles. The van der Waals surface area contributed by atoms with Crippen molar-refractivity contribution in [2.45, 2.75) is 25.8 Å². The third-order valence-electron chi connectivity index (χ3n) is 2.57. The van der Waals surface area contributed by atoms with E-state index in [9.17, 15) is 13.2 Å². The van der Waals surface area contributed by atoms with Gasteiger partial charge in [-0.1, -0.05) is 13.5 Å². The number of rotatable bonds is 5. The second-order valence-electron chi connectivity index (χ2n) is 3.68. The van der Waals surface area contributed by atoms with E-state index in [1.54, 1.807) is 13.8 Å². The Balaban J connectivity index is 5.01. The van der Waals surface area contributed by atoms with Gasteiger partial charge in [-0.05, 0) is 19.4 Å². The summed E-state index contributed by atoms with van der Waals surface area (Å²) in [5, 5.41) is 0. The first-order valence-electron chi connectivity index (χ1n) is 4.51. The van der Waals surface area contributed by atoms with E-state index in [1.165, 1.54) is 11.9 Å². The summed E-state index contributed by atoms with van der Waals surface area (Å²) >= 11 is 0. The summed E-state index contributed by atoms with van der Waals surface area (Å²) in [7, 11) is -2.62. The molecule has 0 aliphatic heterocycles. The van der Waals surface area contributed by atoms with E-state index < -0.39 is 21.4 Å². The molecule has 0 saturated carbocycles. The van der Waals surface area contributed by atoms with Gasteiger partial charge in [-0.15, -0.1) is 0 Å². The highest BCUT2D eigenvalue weighted by Crippen LogP contribution is 2.20. The largest absolute Gasteiger partial charge is 0.336 e. The average Bonchev–Trinajstić information content (AvgIpc) is 2.12. The Hall–Kier alpha value is -0.880. The van der Waals surface area contributed by atoms with E-state index >= 15 is 0 Å². The minimum Gasteiger partial charge on any atom is -0.336 e. The van der Waals surface area contributed by atoms with Gasteiger partial charge >= 0.3 is 0 Å². The summed E-state index contributed by atoms with van der Waals surface area (Å²) in [5.74, 6) is -0.852. The van der Waals surface area contributed by atoms with Crippen molar-refractivity contribution in [3.8, 4) is 0 Å². The molecule has 5 nitrogen and oxygen atoms in total. The summed E-state index contributed by atoms with van der Waals surface area (Å²) in [6.07, 6.45) is 1.53. The Bertz CT molecular complexity index is 349. The van der Waals surface area contributed by atoms with Crippen molar-refractivity contribution in [1.29, 1.82) is 0 Å². The van der Waals surface area contributed by atoms with Gasteiger partial charge in [0.25, 0.3) is 10.1 Å².